The van der Waals surface area contributed by atoms with Gasteiger partial charge in [0.05, 0.1) is 36.0 Å². The van der Waals surface area contributed by atoms with Crippen molar-refractivity contribution in [1.29, 1.82) is 0 Å². The second kappa shape index (κ2) is 13.5. The summed E-state index contributed by atoms with van der Waals surface area (Å²) in [5.74, 6) is 1.10. The molecule has 3 heterocycles. The highest BCUT2D eigenvalue weighted by Gasteiger charge is 2.38. The van der Waals surface area contributed by atoms with E-state index in [0.29, 0.717) is 18.5 Å². The van der Waals surface area contributed by atoms with E-state index in [4.69, 9.17) is 14.2 Å². The number of methoxy groups -OCH3 is 1. The van der Waals surface area contributed by atoms with Crippen molar-refractivity contribution in [3.63, 3.8) is 0 Å². The number of fused-ring (bicyclic) bond motifs is 1. The standard InChI is InChI=1S/C29H31FN4O4.2C2H6/c1-16-28(17(2)38-32-16)18-4-10-24-23(14-18)31-29(34(24)19-5-8-21(35)9-6-19)25-11-13-27(36)33(25)20-7-12-26(37-3)22(30)15-20;2*1-2/h4,7,10,12,14-15,19,21,25,35H,5-6,8-9,11,13H2,1-3H3;2*1-2H3/t19?,21?,25-;;/m0../s1. The summed E-state index contributed by atoms with van der Waals surface area (Å²) < 4.78 is 27.4. The number of hydrogen-bond acceptors (Lipinski definition) is 6. The molecule has 0 spiro atoms. The van der Waals surface area contributed by atoms with Gasteiger partial charge in [-0.25, -0.2) is 9.37 Å². The van der Waals surface area contributed by atoms with Gasteiger partial charge in [-0.15, -0.1) is 0 Å². The molecular weight excluding hydrogens is 535 g/mol. The van der Waals surface area contributed by atoms with Gasteiger partial charge < -0.3 is 23.8 Å². The maximum absolute atomic E-state index is 14.7. The van der Waals surface area contributed by atoms with Crippen LogP contribution in [0.1, 0.15) is 95.6 Å². The number of hydrogen-bond donors (Lipinski definition) is 1. The highest BCUT2D eigenvalue weighted by molar-refractivity contribution is 5.96. The van der Waals surface area contributed by atoms with Crippen molar-refractivity contribution in [3.05, 3.63) is 59.5 Å². The summed E-state index contributed by atoms with van der Waals surface area (Å²) in [6, 6.07) is 10.6. The van der Waals surface area contributed by atoms with Gasteiger partial charge in [0.15, 0.2) is 11.6 Å². The predicted octanol–water partition coefficient (Wildman–Crippen LogP) is 7.85. The van der Waals surface area contributed by atoms with E-state index in [-0.39, 0.29) is 29.8 Å². The summed E-state index contributed by atoms with van der Waals surface area (Å²) in [6.45, 7) is 11.8. The molecule has 1 atom stereocenters. The van der Waals surface area contributed by atoms with Gasteiger partial charge in [0.1, 0.15) is 11.6 Å². The van der Waals surface area contributed by atoms with E-state index >= 15 is 0 Å². The van der Waals surface area contributed by atoms with Crippen LogP contribution in [0.2, 0.25) is 0 Å². The Morgan fingerprint density at radius 1 is 1.00 bits per heavy atom. The van der Waals surface area contributed by atoms with Gasteiger partial charge in [0.2, 0.25) is 5.91 Å². The summed E-state index contributed by atoms with van der Waals surface area (Å²) in [5.41, 5.74) is 5.04. The predicted molar refractivity (Wildman–Crippen MR) is 163 cm³/mol. The first-order valence-electron chi connectivity index (χ1n) is 15.1. The van der Waals surface area contributed by atoms with Crippen molar-refractivity contribution in [3.8, 4) is 16.9 Å². The van der Waals surface area contributed by atoms with Gasteiger partial charge in [0.25, 0.3) is 0 Å². The summed E-state index contributed by atoms with van der Waals surface area (Å²) >= 11 is 0. The highest BCUT2D eigenvalue weighted by Crippen LogP contribution is 2.42. The number of halogens is 1. The van der Waals surface area contributed by atoms with Crippen LogP contribution in [-0.2, 0) is 4.79 Å². The highest BCUT2D eigenvalue weighted by atomic mass is 19.1. The van der Waals surface area contributed by atoms with Crippen molar-refractivity contribution in [1.82, 2.24) is 14.7 Å². The number of ether oxygens (including phenoxy) is 1. The van der Waals surface area contributed by atoms with Crippen LogP contribution >= 0.6 is 0 Å². The first-order valence-corrected chi connectivity index (χ1v) is 15.1. The largest absolute Gasteiger partial charge is 0.494 e. The second-order valence-corrected chi connectivity index (χ2v) is 10.3. The molecule has 226 valence electrons. The van der Waals surface area contributed by atoms with E-state index in [1.807, 2.05) is 47.6 Å². The molecule has 6 rings (SSSR count). The Bertz CT molecular complexity index is 1500. The SMILES string of the molecule is CC.CC.COc1ccc(N2C(=O)CC[C@H]2c2nc3cc(-c4c(C)noc4C)ccc3n2C2CCC(O)CC2)cc1F. The number of anilines is 1. The molecule has 8 nitrogen and oxygen atoms in total. The third kappa shape index (κ3) is 5.79. The van der Waals surface area contributed by atoms with Crippen LogP contribution in [0, 0.1) is 19.7 Å². The summed E-state index contributed by atoms with van der Waals surface area (Å²) in [7, 11) is 1.42. The number of aromatic nitrogens is 3. The number of aryl methyl sites for hydroxylation is 2. The molecule has 0 bridgehead atoms. The molecule has 1 amide bonds. The first kappa shape index (κ1) is 31.2. The van der Waals surface area contributed by atoms with Crippen LogP contribution in [0.3, 0.4) is 0 Å². The molecule has 1 N–H and O–H groups in total. The average molecular weight is 579 g/mol. The Labute approximate surface area is 247 Å². The maximum atomic E-state index is 14.7. The van der Waals surface area contributed by atoms with Crippen molar-refractivity contribution in [2.45, 2.75) is 98.3 Å². The molecule has 2 aromatic heterocycles. The van der Waals surface area contributed by atoms with Gasteiger partial charge >= 0.3 is 0 Å². The minimum absolute atomic E-state index is 0.0614. The van der Waals surface area contributed by atoms with E-state index in [0.717, 1.165) is 65.1 Å². The fraction of sp³-hybridized carbons (Fsp3) is 0.485. The molecule has 2 fully saturated rings. The Balaban J connectivity index is 0.000000972. The van der Waals surface area contributed by atoms with E-state index < -0.39 is 5.82 Å². The number of amides is 1. The lowest BCUT2D eigenvalue weighted by molar-refractivity contribution is -0.117. The fourth-order valence-corrected chi connectivity index (χ4v) is 6.16. The number of nitrogens with zero attached hydrogens (tertiary/aromatic N) is 4. The zero-order chi connectivity index (χ0) is 30.6. The van der Waals surface area contributed by atoms with Crippen molar-refractivity contribution >= 4 is 22.6 Å². The van der Waals surface area contributed by atoms with Gasteiger partial charge in [-0.05, 0) is 75.8 Å². The number of carbonyl (C=O) groups is 1. The number of aliphatic hydroxyl groups excluding tert-OH is 1. The number of imidazole rings is 1. The molecule has 4 aromatic rings. The van der Waals surface area contributed by atoms with E-state index in [1.54, 1.807) is 17.0 Å². The molecule has 9 heteroatoms. The number of benzene rings is 2. The monoisotopic (exact) mass is 578 g/mol. The quantitative estimate of drug-likeness (QED) is 0.259. The Morgan fingerprint density at radius 2 is 1.71 bits per heavy atom. The van der Waals surface area contributed by atoms with Crippen LogP contribution in [0.25, 0.3) is 22.2 Å². The molecule has 2 aliphatic rings. The molecule has 1 saturated heterocycles. The Morgan fingerprint density at radius 3 is 2.33 bits per heavy atom. The molecular formula is C33H43FN4O4. The second-order valence-electron chi connectivity index (χ2n) is 10.3. The summed E-state index contributed by atoms with van der Waals surface area (Å²) in [6.07, 6.45) is 3.74. The van der Waals surface area contributed by atoms with Crippen LogP contribution in [0.15, 0.2) is 40.9 Å². The van der Waals surface area contributed by atoms with Gasteiger partial charge in [0, 0.05) is 29.8 Å². The van der Waals surface area contributed by atoms with E-state index in [1.165, 1.54) is 13.2 Å². The van der Waals surface area contributed by atoms with E-state index in [9.17, 15) is 14.3 Å². The lowest BCUT2D eigenvalue weighted by atomic mass is 9.92. The zero-order valence-electron chi connectivity index (χ0n) is 25.8. The van der Waals surface area contributed by atoms with Crippen molar-refractivity contribution < 1.29 is 23.6 Å². The van der Waals surface area contributed by atoms with Crippen LogP contribution in [0.5, 0.6) is 5.75 Å². The maximum Gasteiger partial charge on any atom is 0.227 e. The third-order valence-corrected chi connectivity index (χ3v) is 7.99. The van der Waals surface area contributed by atoms with Crippen molar-refractivity contribution in [2.24, 2.45) is 0 Å². The smallest absolute Gasteiger partial charge is 0.227 e. The molecule has 0 unspecified atom stereocenters. The summed E-state index contributed by atoms with van der Waals surface area (Å²) in [5, 5.41) is 14.3. The average Bonchev–Trinajstić information content (AvgIpc) is 3.69. The van der Waals surface area contributed by atoms with Gasteiger partial charge in [-0.2, -0.15) is 0 Å². The minimum atomic E-state index is -0.512. The molecule has 2 aromatic carbocycles. The normalized spacial score (nSPS) is 20.2. The number of aliphatic hydroxyl groups is 1. The van der Waals surface area contributed by atoms with Gasteiger partial charge in [-0.3, -0.25) is 4.79 Å². The van der Waals surface area contributed by atoms with Crippen LogP contribution in [-0.4, -0.2) is 38.9 Å². The Kier molecular flexibility index (Phi) is 10.0. The molecule has 1 saturated carbocycles. The first-order chi connectivity index (χ1) is 20.4. The van der Waals surface area contributed by atoms with Crippen LogP contribution < -0.4 is 9.64 Å². The molecule has 1 aliphatic heterocycles. The fourth-order valence-electron chi connectivity index (χ4n) is 6.16. The van der Waals surface area contributed by atoms with Crippen molar-refractivity contribution in [2.75, 3.05) is 12.0 Å². The molecule has 1 aliphatic carbocycles. The Hall–Kier alpha value is -3.72. The zero-order valence-corrected chi connectivity index (χ0v) is 25.8. The van der Waals surface area contributed by atoms with E-state index in [2.05, 4.69) is 21.9 Å². The molecule has 0 radical (unpaired) electrons. The molecule has 42 heavy (non-hydrogen) atoms. The topological polar surface area (TPSA) is 93.6 Å². The lowest BCUT2D eigenvalue weighted by Gasteiger charge is -2.31. The summed E-state index contributed by atoms with van der Waals surface area (Å²) in [4.78, 5) is 19.9. The third-order valence-electron chi connectivity index (χ3n) is 7.99. The van der Waals surface area contributed by atoms with Crippen LogP contribution in [0.4, 0.5) is 10.1 Å². The number of carbonyl (C=O) groups excluding carboxylic acids is 1. The number of rotatable bonds is 5. The minimum Gasteiger partial charge on any atom is -0.494 e. The van der Waals surface area contributed by atoms with Gasteiger partial charge in [-0.1, -0.05) is 38.9 Å². The lowest BCUT2D eigenvalue weighted by Crippen LogP contribution is -2.31.